The van der Waals surface area contributed by atoms with Crippen molar-refractivity contribution >= 4 is 0 Å². The van der Waals surface area contributed by atoms with E-state index in [1.54, 1.807) is 0 Å². The third-order valence-corrected chi connectivity index (χ3v) is 3.04. The third-order valence-electron chi connectivity index (χ3n) is 3.04. The fourth-order valence-electron chi connectivity index (χ4n) is 2.34. The minimum absolute atomic E-state index is 0.787. The van der Waals surface area contributed by atoms with Gasteiger partial charge in [0.05, 0.1) is 0 Å². The molecule has 0 amide bonds. The summed E-state index contributed by atoms with van der Waals surface area (Å²) in [4.78, 5) is 0. The maximum atomic E-state index is 3.45. The summed E-state index contributed by atoms with van der Waals surface area (Å²) in [6, 6.07) is 0.787. The molecule has 1 aliphatic heterocycles. The van der Waals surface area contributed by atoms with Gasteiger partial charge >= 0.3 is 0 Å². The Labute approximate surface area is 68.9 Å². The standard InChI is InChI=1S/C10H17N/c1-2-5-9(6-3-1)10-7-4-8-11-10/h4,8-11H,1-3,5-7H2. The predicted octanol–water partition coefficient (Wildman–Crippen LogP) is 2.44. The fourth-order valence-corrected chi connectivity index (χ4v) is 2.34. The van der Waals surface area contributed by atoms with Crippen molar-refractivity contribution in [1.82, 2.24) is 5.32 Å². The molecular weight excluding hydrogens is 134 g/mol. The van der Waals surface area contributed by atoms with Crippen molar-refractivity contribution in [3.8, 4) is 0 Å². The monoisotopic (exact) mass is 151 g/mol. The van der Waals surface area contributed by atoms with Gasteiger partial charge in [-0.15, -0.1) is 0 Å². The van der Waals surface area contributed by atoms with E-state index in [0.717, 1.165) is 12.0 Å². The van der Waals surface area contributed by atoms with Crippen LogP contribution in [0.15, 0.2) is 12.3 Å². The highest BCUT2D eigenvalue weighted by atomic mass is 14.9. The maximum absolute atomic E-state index is 3.45. The van der Waals surface area contributed by atoms with Crippen molar-refractivity contribution in [2.75, 3.05) is 0 Å². The van der Waals surface area contributed by atoms with Gasteiger partial charge in [0.1, 0.15) is 0 Å². The summed E-state index contributed by atoms with van der Waals surface area (Å²) < 4.78 is 0. The molecule has 2 aliphatic rings. The molecule has 1 aliphatic carbocycles. The topological polar surface area (TPSA) is 12.0 Å². The lowest BCUT2D eigenvalue weighted by Gasteiger charge is -2.27. The van der Waals surface area contributed by atoms with Crippen LogP contribution in [-0.4, -0.2) is 6.04 Å². The van der Waals surface area contributed by atoms with Crippen molar-refractivity contribution in [3.05, 3.63) is 12.3 Å². The highest BCUT2D eigenvalue weighted by molar-refractivity contribution is 4.98. The molecule has 0 aromatic heterocycles. The Bertz CT molecular complexity index is 137. The van der Waals surface area contributed by atoms with E-state index in [9.17, 15) is 0 Å². The maximum Gasteiger partial charge on any atom is 0.0318 e. The number of nitrogens with one attached hydrogen (secondary N) is 1. The predicted molar refractivity (Wildman–Crippen MR) is 47.3 cm³/mol. The summed E-state index contributed by atoms with van der Waals surface area (Å²) in [6.45, 7) is 0. The van der Waals surface area contributed by atoms with E-state index in [4.69, 9.17) is 0 Å². The van der Waals surface area contributed by atoms with E-state index in [0.29, 0.717) is 0 Å². The van der Waals surface area contributed by atoms with E-state index in [2.05, 4.69) is 17.6 Å². The van der Waals surface area contributed by atoms with Crippen LogP contribution in [0.3, 0.4) is 0 Å². The average Bonchev–Trinajstić information content (AvgIpc) is 2.58. The molecule has 1 fully saturated rings. The molecule has 1 heterocycles. The first-order valence-electron chi connectivity index (χ1n) is 4.88. The minimum Gasteiger partial charge on any atom is -0.388 e. The Balaban J connectivity index is 1.83. The van der Waals surface area contributed by atoms with Gasteiger partial charge in [-0.25, -0.2) is 0 Å². The average molecular weight is 151 g/mol. The van der Waals surface area contributed by atoms with Crippen LogP contribution in [0.2, 0.25) is 0 Å². The summed E-state index contributed by atoms with van der Waals surface area (Å²) in [5.74, 6) is 0.971. The van der Waals surface area contributed by atoms with Gasteiger partial charge < -0.3 is 5.32 Å². The molecule has 2 rings (SSSR count). The van der Waals surface area contributed by atoms with Crippen molar-refractivity contribution in [2.24, 2.45) is 5.92 Å². The molecule has 0 spiro atoms. The van der Waals surface area contributed by atoms with E-state index in [1.807, 2.05) is 0 Å². The van der Waals surface area contributed by atoms with Gasteiger partial charge in [-0.1, -0.05) is 25.3 Å². The molecule has 1 nitrogen and oxygen atoms in total. The quantitative estimate of drug-likeness (QED) is 0.607. The SMILES string of the molecule is C1=CNC(C2CCCCC2)C1. The lowest BCUT2D eigenvalue weighted by molar-refractivity contribution is 0.292. The Morgan fingerprint density at radius 1 is 1.09 bits per heavy atom. The van der Waals surface area contributed by atoms with Crippen LogP contribution in [0.5, 0.6) is 0 Å². The molecule has 0 aromatic carbocycles. The normalized spacial score (nSPS) is 32.2. The third kappa shape index (κ3) is 1.58. The van der Waals surface area contributed by atoms with Crippen LogP contribution < -0.4 is 5.32 Å². The zero-order valence-corrected chi connectivity index (χ0v) is 7.05. The van der Waals surface area contributed by atoms with Gasteiger partial charge in [-0.3, -0.25) is 0 Å². The first-order chi connectivity index (χ1) is 5.47. The van der Waals surface area contributed by atoms with Gasteiger partial charge in [0, 0.05) is 6.04 Å². The lowest BCUT2D eigenvalue weighted by Crippen LogP contribution is -2.30. The Morgan fingerprint density at radius 2 is 1.91 bits per heavy atom. The minimum atomic E-state index is 0.787. The zero-order valence-electron chi connectivity index (χ0n) is 7.05. The highest BCUT2D eigenvalue weighted by Gasteiger charge is 2.23. The van der Waals surface area contributed by atoms with Gasteiger partial charge in [-0.05, 0) is 31.4 Å². The van der Waals surface area contributed by atoms with Gasteiger partial charge in [0.15, 0.2) is 0 Å². The second-order valence-electron chi connectivity index (χ2n) is 3.81. The molecular formula is C10H17N. The van der Waals surface area contributed by atoms with Crippen molar-refractivity contribution in [1.29, 1.82) is 0 Å². The van der Waals surface area contributed by atoms with E-state index < -0.39 is 0 Å². The van der Waals surface area contributed by atoms with Crippen LogP contribution in [0.4, 0.5) is 0 Å². The summed E-state index contributed by atoms with van der Waals surface area (Å²) in [5.41, 5.74) is 0. The molecule has 1 heteroatoms. The lowest BCUT2D eigenvalue weighted by atomic mass is 9.83. The molecule has 1 atom stereocenters. The number of hydrogen-bond donors (Lipinski definition) is 1. The molecule has 1 unspecified atom stereocenters. The first kappa shape index (κ1) is 7.20. The summed E-state index contributed by atoms with van der Waals surface area (Å²) in [6.07, 6.45) is 13.0. The molecule has 0 bridgehead atoms. The van der Waals surface area contributed by atoms with Gasteiger partial charge in [0.25, 0.3) is 0 Å². The fraction of sp³-hybridized carbons (Fsp3) is 0.800. The molecule has 1 saturated carbocycles. The Morgan fingerprint density at radius 3 is 2.55 bits per heavy atom. The van der Waals surface area contributed by atoms with E-state index in [-0.39, 0.29) is 0 Å². The van der Waals surface area contributed by atoms with Crippen molar-refractivity contribution in [2.45, 2.75) is 44.6 Å². The summed E-state index contributed by atoms with van der Waals surface area (Å²) >= 11 is 0. The molecule has 11 heavy (non-hydrogen) atoms. The van der Waals surface area contributed by atoms with E-state index in [1.165, 1.54) is 38.5 Å². The number of hydrogen-bond acceptors (Lipinski definition) is 1. The Hall–Kier alpha value is -0.460. The summed E-state index contributed by atoms with van der Waals surface area (Å²) in [7, 11) is 0. The van der Waals surface area contributed by atoms with Crippen molar-refractivity contribution in [3.63, 3.8) is 0 Å². The molecule has 62 valence electrons. The molecule has 0 aromatic rings. The smallest absolute Gasteiger partial charge is 0.0318 e. The summed E-state index contributed by atoms with van der Waals surface area (Å²) in [5, 5.41) is 3.45. The molecule has 0 radical (unpaired) electrons. The van der Waals surface area contributed by atoms with Crippen LogP contribution in [0.25, 0.3) is 0 Å². The van der Waals surface area contributed by atoms with Gasteiger partial charge in [0.2, 0.25) is 0 Å². The second kappa shape index (κ2) is 3.29. The van der Waals surface area contributed by atoms with Crippen LogP contribution in [0.1, 0.15) is 38.5 Å². The molecule has 0 saturated heterocycles. The van der Waals surface area contributed by atoms with Crippen LogP contribution in [0, 0.1) is 5.92 Å². The Kier molecular flexibility index (Phi) is 2.16. The van der Waals surface area contributed by atoms with Crippen molar-refractivity contribution < 1.29 is 0 Å². The molecule has 1 N–H and O–H groups in total. The largest absolute Gasteiger partial charge is 0.388 e. The number of rotatable bonds is 1. The highest BCUT2D eigenvalue weighted by Crippen LogP contribution is 2.28. The van der Waals surface area contributed by atoms with E-state index >= 15 is 0 Å². The zero-order chi connectivity index (χ0) is 7.52. The second-order valence-corrected chi connectivity index (χ2v) is 3.81. The van der Waals surface area contributed by atoms with Crippen LogP contribution in [-0.2, 0) is 0 Å². The van der Waals surface area contributed by atoms with Gasteiger partial charge in [-0.2, -0.15) is 0 Å². The van der Waals surface area contributed by atoms with Crippen LogP contribution >= 0.6 is 0 Å². The first-order valence-corrected chi connectivity index (χ1v) is 4.88.